The van der Waals surface area contributed by atoms with Gasteiger partial charge in [0.15, 0.2) is 5.60 Å². The molecule has 0 aliphatic rings. The number of aliphatic carboxylic acids is 1. The normalized spacial score (nSPS) is 16.0. The van der Waals surface area contributed by atoms with Crippen LogP contribution >= 0.6 is 0 Å². The summed E-state index contributed by atoms with van der Waals surface area (Å²) < 4.78 is 0. The first kappa shape index (κ1) is 18.4. The van der Waals surface area contributed by atoms with Crippen LogP contribution in [-0.2, 0) is 4.79 Å². The molecule has 0 saturated heterocycles. The lowest BCUT2D eigenvalue weighted by atomic mass is 9.87. The van der Waals surface area contributed by atoms with E-state index in [0.717, 1.165) is 44.9 Å². The van der Waals surface area contributed by atoms with E-state index in [2.05, 4.69) is 13.8 Å². The molecule has 0 amide bonds. The molecule has 0 saturated carbocycles. The van der Waals surface area contributed by atoms with E-state index in [1.807, 2.05) is 0 Å². The second-order valence-electron chi connectivity index (χ2n) is 5.41. The Balaban J connectivity index is 4.21. The largest absolute Gasteiger partial charge is 0.479 e. The fourth-order valence-corrected chi connectivity index (χ4v) is 2.24. The molecule has 0 aromatic rings. The molecular weight excluding hydrogens is 244 g/mol. The second kappa shape index (κ2) is 10.2. The number of carbonyl (C=O) groups is 1. The number of aliphatic hydroxyl groups excluding tert-OH is 1. The predicted molar refractivity (Wildman–Crippen MR) is 76.1 cm³/mol. The summed E-state index contributed by atoms with van der Waals surface area (Å²) in [7, 11) is 0. The van der Waals surface area contributed by atoms with Crippen LogP contribution in [0.15, 0.2) is 0 Å². The Morgan fingerprint density at radius 1 is 1.00 bits per heavy atom. The van der Waals surface area contributed by atoms with Crippen LogP contribution in [0.25, 0.3) is 0 Å². The highest BCUT2D eigenvalue weighted by Crippen LogP contribution is 2.24. The third-order valence-corrected chi connectivity index (χ3v) is 3.66. The van der Waals surface area contributed by atoms with E-state index >= 15 is 0 Å². The molecule has 0 bridgehead atoms. The maximum atomic E-state index is 11.2. The van der Waals surface area contributed by atoms with Gasteiger partial charge in [0.2, 0.25) is 0 Å². The number of carboxylic acids is 1. The summed E-state index contributed by atoms with van der Waals surface area (Å²) in [6.07, 6.45) is 6.87. The molecule has 0 fully saturated rings. The van der Waals surface area contributed by atoms with Gasteiger partial charge in [0, 0.05) is 0 Å². The summed E-state index contributed by atoms with van der Waals surface area (Å²) in [5.74, 6) is -1.30. The molecule has 2 atom stereocenters. The summed E-state index contributed by atoms with van der Waals surface area (Å²) in [4.78, 5) is 11.2. The molecule has 0 aromatic heterocycles. The number of aliphatic hydroxyl groups is 2. The van der Waals surface area contributed by atoms with Crippen LogP contribution in [0.3, 0.4) is 0 Å². The van der Waals surface area contributed by atoms with Gasteiger partial charge in [-0.05, 0) is 19.3 Å². The summed E-state index contributed by atoms with van der Waals surface area (Å²) in [6, 6.07) is 0. The van der Waals surface area contributed by atoms with Crippen LogP contribution in [0.2, 0.25) is 0 Å². The Kier molecular flexibility index (Phi) is 9.88. The fourth-order valence-electron chi connectivity index (χ4n) is 2.24. The highest BCUT2D eigenvalue weighted by Gasteiger charge is 2.42. The molecule has 0 radical (unpaired) electrons. The minimum Gasteiger partial charge on any atom is -0.479 e. The maximum Gasteiger partial charge on any atom is 0.338 e. The van der Waals surface area contributed by atoms with Crippen molar-refractivity contribution < 1.29 is 20.1 Å². The van der Waals surface area contributed by atoms with Crippen molar-refractivity contribution in [2.75, 3.05) is 0 Å². The van der Waals surface area contributed by atoms with Crippen molar-refractivity contribution in [1.29, 1.82) is 0 Å². The van der Waals surface area contributed by atoms with Crippen LogP contribution in [0.5, 0.6) is 0 Å². The molecule has 0 aromatic carbocycles. The maximum absolute atomic E-state index is 11.2. The monoisotopic (exact) mass is 274 g/mol. The van der Waals surface area contributed by atoms with E-state index in [-0.39, 0.29) is 6.42 Å². The predicted octanol–water partition coefficient (Wildman–Crippen LogP) is 3.10. The zero-order valence-corrected chi connectivity index (χ0v) is 12.4. The zero-order chi connectivity index (χ0) is 14.7. The fraction of sp³-hybridized carbons (Fsp3) is 0.933. The Bertz CT molecular complexity index is 242. The van der Waals surface area contributed by atoms with Gasteiger partial charge in [0.05, 0.1) is 6.10 Å². The van der Waals surface area contributed by atoms with Crippen LogP contribution in [0, 0.1) is 0 Å². The second-order valence-corrected chi connectivity index (χ2v) is 5.41. The standard InChI is InChI=1S/C15H30O4/c1-3-5-7-9-11-13(16)15(19,14(17)18)12-10-8-6-4-2/h13,16,19H,3-12H2,1-2H3,(H,17,18). The highest BCUT2D eigenvalue weighted by atomic mass is 16.4. The van der Waals surface area contributed by atoms with Crippen molar-refractivity contribution in [2.24, 2.45) is 0 Å². The van der Waals surface area contributed by atoms with Crippen molar-refractivity contribution in [3.8, 4) is 0 Å². The van der Waals surface area contributed by atoms with Crippen molar-refractivity contribution >= 4 is 5.97 Å². The van der Waals surface area contributed by atoms with E-state index in [4.69, 9.17) is 5.11 Å². The first-order chi connectivity index (χ1) is 8.99. The molecule has 2 unspecified atom stereocenters. The molecule has 114 valence electrons. The molecule has 4 heteroatoms. The molecule has 0 heterocycles. The number of unbranched alkanes of at least 4 members (excludes halogenated alkanes) is 6. The highest BCUT2D eigenvalue weighted by molar-refractivity contribution is 5.77. The molecule has 3 N–H and O–H groups in total. The summed E-state index contributed by atoms with van der Waals surface area (Å²) in [5.41, 5.74) is -1.97. The van der Waals surface area contributed by atoms with Crippen LogP contribution in [0.1, 0.15) is 78.1 Å². The molecular formula is C15H30O4. The smallest absolute Gasteiger partial charge is 0.338 e. The lowest BCUT2D eigenvalue weighted by Gasteiger charge is -2.29. The summed E-state index contributed by atoms with van der Waals surface area (Å²) >= 11 is 0. The Labute approximate surface area is 116 Å². The van der Waals surface area contributed by atoms with Crippen molar-refractivity contribution in [3.05, 3.63) is 0 Å². The number of hydrogen-bond acceptors (Lipinski definition) is 3. The van der Waals surface area contributed by atoms with Gasteiger partial charge in [-0.15, -0.1) is 0 Å². The van der Waals surface area contributed by atoms with Gasteiger partial charge in [-0.25, -0.2) is 4.79 Å². The molecule has 0 spiro atoms. The minimum absolute atomic E-state index is 0.136. The van der Waals surface area contributed by atoms with Crippen molar-refractivity contribution in [2.45, 2.75) is 89.8 Å². The molecule has 0 aliphatic carbocycles. The van der Waals surface area contributed by atoms with E-state index in [1.165, 1.54) is 0 Å². The van der Waals surface area contributed by atoms with Gasteiger partial charge in [-0.3, -0.25) is 0 Å². The van der Waals surface area contributed by atoms with Crippen molar-refractivity contribution in [3.63, 3.8) is 0 Å². The van der Waals surface area contributed by atoms with Crippen molar-refractivity contribution in [1.82, 2.24) is 0 Å². The van der Waals surface area contributed by atoms with Gasteiger partial charge in [-0.2, -0.15) is 0 Å². The zero-order valence-electron chi connectivity index (χ0n) is 12.4. The van der Waals surface area contributed by atoms with Crippen LogP contribution in [-0.4, -0.2) is 33.0 Å². The Morgan fingerprint density at radius 2 is 1.53 bits per heavy atom. The molecule has 19 heavy (non-hydrogen) atoms. The minimum atomic E-state index is -1.97. The van der Waals surface area contributed by atoms with Gasteiger partial charge < -0.3 is 15.3 Å². The third kappa shape index (κ3) is 6.92. The average molecular weight is 274 g/mol. The summed E-state index contributed by atoms with van der Waals surface area (Å²) in [6.45, 7) is 4.17. The SMILES string of the molecule is CCCCCCC(O)C(O)(CCCCCC)C(=O)O. The van der Waals surface area contributed by atoms with E-state index in [1.54, 1.807) is 0 Å². The molecule has 0 aliphatic heterocycles. The van der Waals surface area contributed by atoms with E-state index < -0.39 is 17.7 Å². The van der Waals surface area contributed by atoms with Gasteiger partial charge >= 0.3 is 5.97 Å². The van der Waals surface area contributed by atoms with Crippen LogP contribution < -0.4 is 0 Å². The Hall–Kier alpha value is -0.610. The average Bonchev–Trinajstić information content (AvgIpc) is 2.39. The number of rotatable bonds is 12. The topological polar surface area (TPSA) is 77.8 Å². The van der Waals surface area contributed by atoms with E-state index in [9.17, 15) is 15.0 Å². The molecule has 4 nitrogen and oxygen atoms in total. The van der Waals surface area contributed by atoms with Gasteiger partial charge in [-0.1, -0.05) is 58.8 Å². The van der Waals surface area contributed by atoms with E-state index in [0.29, 0.717) is 12.8 Å². The van der Waals surface area contributed by atoms with Crippen LogP contribution in [0.4, 0.5) is 0 Å². The van der Waals surface area contributed by atoms with Gasteiger partial charge in [0.1, 0.15) is 0 Å². The first-order valence-corrected chi connectivity index (χ1v) is 7.62. The lowest BCUT2D eigenvalue weighted by molar-refractivity contribution is -0.173. The quantitative estimate of drug-likeness (QED) is 0.478. The summed E-state index contributed by atoms with van der Waals surface area (Å²) in [5, 5.41) is 29.3. The Morgan fingerprint density at radius 3 is 2.00 bits per heavy atom. The van der Waals surface area contributed by atoms with Gasteiger partial charge in [0.25, 0.3) is 0 Å². The third-order valence-electron chi connectivity index (χ3n) is 3.66. The number of hydrogen-bond donors (Lipinski definition) is 3. The number of carboxylic acid groups (broad SMARTS) is 1. The first-order valence-electron chi connectivity index (χ1n) is 7.62. The molecule has 0 rings (SSSR count). The lowest BCUT2D eigenvalue weighted by Crippen LogP contribution is -2.49.